The summed E-state index contributed by atoms with van der Waals surface area (Å²) in [6.07, 6.45) is 21.4. The number of ether oxygens (including phenoxy) is 1. The number of unbranched alkanes of at least 4 members (excludes halogenated alkanes) is 15. The molecular weight excluding hydrogens is 416 g/mol. The molecule has 2 rings (SSSR count). The Labute approximate surface area is 198 Å². The molecule has 0 aliphatic rings. The van der Waals surface area contributed by atoms with E-state index in [2.05, 4.69) is 6.92 Å². The monoisotopic (exact) mass is 458 g/mol. The average Bonchev–Trinajstić information content (AvgIpc) is 2.80. The maximum absolute atomic E-state index is 11.7. The Hall–Kier alpha value is -2.30. The molecule has 184 valence electrons. The second kappa shape index (κ2) is 16.3. The number of rotatable bonds is 19. The normalized spacial score (nSPS) is 11.2. The number of carbonyl (C=O) groups is 1. The van der Waals surface area contributed by atoms with Crippen molar-refractivity contribution in [2.24, 2.45) is 0 Å². The lowest BCUT2D eigenvalue weighted by Crippen LogP contribution is -2.12. The van der Waals surface area contributed by atoms with Gasteiger partial charge in [0.25, 0.3) is 0 Å². The van der Waals surface area contributed by atoms with Gasteiger partial charge in [-0.05, 0) is 24.6 Å². The standard InChI is InChI=1S/C28H42O5/c1-2-3-4-5-6-7-8-9-10-11-12-13-14-15-16-17-20-32-24-19-18-23-21-25(27(29)30)28(31)33-26(23)22-24/h18-19,21-22H,2-17,20H2,1H3,(H,29,30). The van der Waals surface area contributed by atoms with Crippen LogP contribution in [0.1, 0.15) is 120 Å². The van der Waals surface area contributed by atoms with Crippen LogP contribution in [0, 0.1) is 0 Å². The Morgan fingerprint density at radius 2 is 1.30 bits per heavy atom. The van der Waals surface area contributed by atoms with Gasteiger partial charge in [0.2, 0.25) is 0 Å². The van der Waals surface area contributed by atoms with E-state index >= 15 is 0 Å². The van der Waals surface area contributed by atoms with Crippen LogP contribution in [0.4, 0.5) is 0 Å². The molecule has 33 heavy (non-hydrogen) atoms. The van der Waals surface area contributed by atoms with Gasteiger partial charge in [0.15, 0.2) is 0 Å². The fourth-order valence-corrected chi connectivity index (χ4v) is 4.17. The van der Waals surface area contributed by atoms with Crippen LogP contribution in [0.5, 0.6) is 5.75 Å². The predicted molar refractivity (Wildman–Crippen MR) is 134 cm³/mol. The highest BCUT2D eigenvalue weighted by Gasteiger charge is 2.12. The molecule has 1 N–H and O–H groups in total. The zero-order valence-electron chi connectivity index (χ0n) is 20.4. The van der Waals surface area contributed by atoms with E-state index in [0.717, 1.165) is 12.8 Å². The molecule has 0 unspecified atom stereocenters. The molecule has 5 heteroatoms. The first-order chi connectivity index (χ1) is 16.1. The smallest absolute Gasteiger partial charge is 0.351 e. The highest BCUT2D eigenvalue weighted by atomic mass is 16.5. The summed E-state index contributed by atoms with van der Waals surface area (Å²) in [5.74, 6) is -0.649. The van der Waals surface area contributed by atoms with Crippen LogP contribution in [-0.4, -0.2) is 17.7 Å². The average molecular weight is 459 g/mol. The number of carboxylic acids is 1. The van der Waals surface area contributed by atoms with Gasteiger partial charge in [-0.1, -0.05) is 103 Å². The first-order valence-electron chi connectivity index (χ1n) is 13.1. The summed E-state index contributed by atoms with van der Waals surface area (Å²) in [7, 11) is 0. The van der Waals surface area contributed by atoms with Crippen molar-refractivity contribution in [2.45, 2.75) is 110 Å². The van der Waals surface area contributed by atoms with Crippen LogP contribution < -0.4 is 10.4 Å². The zero-order chi connectivity index (χ0) is 23.7. The molecule has 1 heterocycles. The van der Waals surface area contributed by atoms with E-state index in [4.69, 9.17) is 14.3 Å². The molecule has 0 fully saturated rings. The van der Waals surface area contributed by atoms with Crippen LogP contribution in [0.15, 0.2) is 33.5 Å². The molecule has 1 aromatic carbocycles. The molecule has 0 aliphatic heterocycles. The minimum atomic E-state index is -1.28. The van der Waals surface area contributed by atoms with Crippen molar-refractivity contribution in [3.8, 4) is 5.75 Å². The number of hydrogen-bond acceptors (Lipinski definition) is 4. The molecule has 0 radical (unpaired) electrons. The Morgan fingerprint density at radius 1 is 0.788 bits per heavy atom. The second-order valence-corrected chi connectivity index (χ2v) is 9.10. The molecule has 0 amide bonds. The van der Waals surface area contributed by atoms with Gasteiger partial charge in [0, 0.05) is 11.5 Å². The minimum absolute atomic E-state index is 0.342. The van der Waals surface area contributed by atoms with Crippen molar-refractivity contribution < 1.29 is 19.1 Å². The molecule has 0 saturated carbocycles. The first-order valence-corrected chi connectivity index (χ1v) is 13.1. The van der Waals surface area contributed by atoms with E-state index in [1.54, 1.807) is 18.2 Å². The molecule has 2 aromatic rings. The largest absolute Gasteiger partial charge is 0.493 e. The summed E-state index contributed by atoms with van der Waals surface area (Å²) in [6, 6.07) is 6.48. The third kappa shape index (κ3) is 10.9. The van der Waals surface area contributed by atoms with Gasteiger partial charge in [-0.3, -0.25) is 0 Å². The Balaban J connectivity index is 1.45. The molecular formula is C28H42O5. The van der Waals surface area contributed by atoms with Gasteiger partial charge in [-0.2, -0.15) is 0 Å². The van der Waals surface area contributed by atoms with Crippen molar-refractivity contribution in [1.82, 2.24) is 0 Å². The van der Waals surface area contributed by atoms with Gasteiger partial charge in [0.05, 0.1) is 6.61 Å². The van der Waals surface area contributed by atoms with Crippen LogP contribution in [0.2, 0.25) is 0 Å². The van der Waals surface area contributed by atoms with Crippen molar-refractivity contribution >= 4 is 16.9 Å². The SMILES string of the molecule is CCCCCCCCCCCCCCCCCCOc1ccc2cc(C(=O)O)c(=O)oc2c1. The highest BCUT2D eigenvalue weighted by molar-refractivity contribution is 5.91. The number of carboxylic acid groups (broad SMARTS) is 1. The van der Waals surface area contributed by atoms with E-state index in [-0.39, 0.29) is 5.56 Å². The lowest BCUT2D eigenvalue weighted by atomic mass is 10.0. The second-order valence-electron chi connectivity index (χ2n) is 9.10. The molecule has 1 aromatic heterocycles. The Kier molecular flexibility index (Phi) is 13.3. The van der Waals surface area contributed by atoms with Crippen LogP contribution in [-0.2, 0) is 0 Å². The third-order valence-corrected chi connectivity index (χ3v) is 6.20. The third-order valence-electron chi connectivity index (χ3n) is 6.20. The summed E-state index contributed by atoms with van der Waals surface area (Å²) >= 11 is 0. The van der Waals surface area contributed by atoms with Crippen molar-refractivity contribution in [3.63, 3.8) is 0 Å². The van der Waals surface area contributed by atoms with Crippen LogP contribution in [0.3, 0.4) is 0 Å². The number of fused-ring (bicyclic) bond motifs is 1. The van der Waals surface area contributed by atoms with Gasteiger partial charge >= 0.3 is 11.6 Å². The van der Waals surface area contributed by atoms with Crippen molar-refractivity contribution in [1.29, 1.82) is 0 Å². The maximum atomic E-state index is 11.7. The predicted octanol–water partition coefficient (Wildman–Crippen LogP) is 8.13. The zero-order valence-corrected chi connectivity index (χ0v) is 20.4. The van der Waals surface area contributed by atoms with E-state index in [0.29, 0.717) is 23.3 Å². The van der Waals surface area contributed by atoms with Crippen molar-refractivity contribution in [3.05, 3.63) is 40.2 Å². The molecule has 0 spiro atoms. The van der Waals surface area contributed by atoms with Gasteiger partial charge in [-0.25, -0.2) is 9.59 Å². The summed E-state index contributed by atoms with van der Waals surface area (Å²) in [6.45, 7) is 2.90. The highest BCUT2D eigenvalue weighted by Crippen LogP contribution is 2.21. The van der Waals surface area contributed by atoms with Gasteiger partial charge in [-0.15, -0.1) is 0 Å². The summed E-state index contributed by atoms with van der Waals surface area (Å²) < 4.78 is 10.9. The van der Waals surface area contributed by atoms with Gasteiger partial charge in [0.1, 0.15) is 16.9 Å². The minimum Gasteiger partial charge on any atom is -0.493 e. The molecule has 0 saturated heterocycles. The quantitative estimate of drug-likeness (QED) is 0.170. The van der Waals surface area contributed by atoms with Crippen LogP contribution in [0.25, 0.3) is 11.0 Å². The topological polar surface area (TPSA) is 76.7 Å². The summed E-state index contributed by atoms with van der Waals surface area (Å²) in [5, 5.41) is 9.58. The van der Waals surface area contributed by atoms with Crippen molar-refractivity contribution in [2.75, 3.05) is 6.61 Å². The first kappa shape index (κ1) is 26.9. The molecule has 5 nitrogen and oxygen atoms in total. The summed E-state index contributed by atoms with van der Waals surface area (Å²) in [5.41, 5.74) is -0.858. The van der Waals surface area contributed by atoms with Crippen LogP contribution >= 0.6 is 0 Å². The van der Waals surface area contributed by atoms with E-state index in [9.17, 15) is 9.59 Å². The Bertz CT molecular complexity index is 870. The number of aromatic carboxylic acids is 1. The van der Waals surface area contributed by atoms with E-state index in [1.165, 1.54) is 96.0 Å². The molecule has 0 aliphatic carbocycles. The van der Waals surface area contributed by atoms with Gasteiger partial charge < -0.3 is 14.3 Å². The molecule has 0 bridgehead atoms. The number of hydrogen-bond donors (Lipinski definition) is 1. The number of benzene rings is 1. The summed E-state index contributed by atoms with van der Waals surface area (Å²) in [4.78, 5) is 22.8. The maximum Gasteiger partial charge on any atom is 0.351 e. The van der Waals surface area contributed by atoms with E-state index < -0.39 is 11.6 Å². The van der Waals surface area contributed by atoms with E-state index in [1.807, 2.05) is 0 Å². The molecule has 0 atom stereocenters. The lowest BCUT2D eigenvalue weighted by Gasteiger charge is -2.07. The fraction of sp³-hybridized carbons (Fsp3) is 0.643. The fourth-order valence-electron chi connectivity index (χ4n) is 4.17. The Morgan fingerprint density at radius 3 is 1.82 bits per heavy atom. The lowest BCUT2D eigenvalue weighted by molar-refractivity contribution is 0.0692.